The highest BCUT2D eigenvalue weighted by Gasteiger charge is 2.37. The predicted molar refractivity (Wildman–Crippen MR) is 84.0 cm³/mol. The van der Waals surface area contributed by atoms with E-state index in [-0.39, 0.29) is 30.2 Å². The van der Waals surface area contributed by atoms with E-state index in [1.54, 1.807) is 29.2 Å². The third-order valence-corrected chi connectivity index (χ3v) is 4.54. The Hall–Kier alpha value is -2.37. The zero-order chi connectivity index (χ0) is 16.6. The smallest absolute Gasteiger partial charge is 0.308 e. The van der Waals surface area contributed by atoms with Crippen molar-refractivity contribution in [3.05, 3.63) is 29.8 Å². The Morgan fingerprint density at radius 3 is 2.57 bits per heavy atom. The topological polar surface area (TPSA) is 86.7 Å². The minimum Gasteiger partial charge on any atom is -0.481 e. The van der Waals surface area contributed by atoms with Crippen LogP contribution in [0.15, 0.2) is 24.3 Å². The molecule has 23 heavy (non-hydrogen) atoms. The SMILES string of the molecule is C[C@@H]1CN(C(=O)c2cccc(NC(=O)C3CC3)c2)C[C@H]1C(=O)O. The molecule has 0 aromatic heterocycles. The van der Waals surface area contributed by atoms with Crippen molar-refractivity contribution in [1.29, 1.82) is 0 Å². The number of nitrogens with one attached hydrogen (secondary N) is 1. The molecule has 122 valence electrons. The number of hydrogen-bond donors (Lipinski definition) is 2. The number of aliphatic carboxylic acids is 1. The zero-order valence-electron chi connectivity index (χ0n) is 13.0. The first kappa shape index (κ1) is 15.5. The quantitative estimate of drug-likeness (QED) is 0.887. The Labute approximate surface area is 134 Å². The van der Waals surface area contributed by atoms with Gasteiger partial charge in [0.1, 0.15) is 0 Å². The molecule has 2 N–H and O–H groups in total. The first-order chi connectivity index (χ1) is 11.0. The molecule has 2 fully saturated rings. The van der Waals surface area contributed by atoms with Gasteiger partial charge in [-0.3, -0.25) is 14.4 Å². The monoisotopic (exact) mass is 316 g/mol. The molecule has 6 nitrogen and oxygen atoms in total. The number of carbonyl (C=O) groups excluding carboxylic acids is 2. The maximum absolute atomic E-state index is 12.6. The molecular formula is C17H20N2O4. The van der Waals surface area contributed by atoms with E-state index in [0.29, 0.717) is 17.8 Å². The zero-order valence-corrected chi connectivity index (χ0v) is 13.0. The van der Waals surface area contributed by atoms with Gasteiger partial charge in [0, 0.05) is 30.3 Å². The van der Waals surface area contributed by atoms with E-state index < -0.39 is 11.9 Å². The van der Waals surface area contributed by atoms with Crippen LogP contribution < -0.4 is 5.32 Å². The molecule has 0 radical (unpaired) electrons. The lowest BCUT2D eigenvalue weighted by Gasteiger charge is -2.16. The molecule has 1 heterocycles. The average Bonchev–Trinajstić information content (AvgIpc) is 3.29. The summed E-state index contributed by atoms with van der Waals surface area (Å²) in [4.78, 5) is 37.1. The van der Waals surface area contributed by atoms with Gasteiger partial charge in [0.05, 0.1) is 5.92 Å². The molecule has 1 aliphatic heterocycles. The van der Waals surface area contributed by atoms with Gasteiger partial charge < -0.3 is 15.3 Å². The van der Waals surface area contributed by atoms with Gasteiger partial charge in [0.25, 0.3) is 5.91 Å². The van der Waals surface area contributed by atoms with Crippen LogP contribution in [0, 0.1) is 17.8 Å². The van der Waals surface area contributed by atoms with Gasteiger partial charge in [-0.1, -0.05) is 13.0 Å². The lowest BCUT2D eigenvalue weighted by atomic mass is 9.99. The molecule has 1 saturated carbocycles. The fourth-order valence-corrected chi connectivity index (χ4v) is 2.96. The third-order valence-electron chi connectivity index (χ3n) is 4.54. The number of likely N-dealkylation sites (tertiary alicyclic amines) is 1. The first-order valence-corrected chi connectivity index (χ1v) is 7.88. The Morgan fingerprint density at radius 2 is 1.96 bits per heavy atom. The summed E-state index contributed by atoms with van der Waals surface area (Å²) >= 11 is 0. The summed E-state index contributed by atoms with van der Waals surface area (Å²) in [6.07, 6.45) is 1.85. The summed E-state index contributed by atoms with van der Waals surface area (Å²) in [5, 5.41) is 12.0. The maximum atomic E-state index is 12.6. The van der Waals surface area contributed by atoms with Crippen molar-refractivity contribution in [2.24, 2.45) is 17.8 Å². The van der Waals surface area contributed by atoms with E-state index >= 15 is 0 Å². The van der Waals surface area contributed by atoms with E-state index in [4.69, 9.17) is 5.11 Å². The van der Waals surface area contributed by atoms with E-state index in [0.717, 1.165) is 12.8 Å². The maximum Gasteiger partial charge on any atom is 0.308 e. The second-order valence-corrected chi connectivity index (χ2v) is 6.48. The van der Waals surface area contributed by atoms with E-state index in [1.807, 2.05) is 6.92 Å². The lowest BCUT2D eigenvalue weighted by Crippen LogP contribution is -2.30. The van der Waals surface area contributed by atoms with Crippen LogP contribution in [0.25, 0.3) is 0 Å². The van der Waals surface area contributed by atoms with Crippen LogP contribution in [0.2, 0.25) is 0 Å². The second-order valence-electron chi connectivity index (χ2n) is 6.48. The van der Waals surface area contributed by atoms with Gasteiger partial charge in [-0.2, -0.15) is 0 Å². The summed E-state index contributed by atoms with van der Waals surface area (Å²) < 4.78 is 0. The molecule has 6 heteroatoms. The molecule has 1 aromatic rings. The number of benzene rings is 1. The molecule has 3 rings (SSSR count). The molecule has 2 atom stereocenters. The molecule has 0 bridgehead atoms. The molecule has 1 aliphatic carbocycles. The van der Waals surface area contributed by atoms with Crippen LogP contribution in [0.5, 0.6) is 0 Å². The molecular weight excluding hydrogens is 296 g/mol. The third kappa shape index (κ3) is 3.36. The fourth-order valence-electron chi connectivity index (χ4n) is 2.96. The summed E-state index contributed by atoms with van der Waals surface area (Å²) in [5.41, 5.74) is 1.08. The highest BCUT2D eigenvalue weighted by molar-refractivity contribution is 5.98. The number of carbonyl (C=O) groups is 3. The number of nitrogens with zero attached hydrogens (tertiary/aromatic N) is 1. The summed E-state index contributed by atoms with van der Waals surface area (Å²) in [5.74, 6) is -1.53. The summed E-state index contributed by atoms with van der Waals surface area (Å²) in [6, 6.07) is 6.82. The van der Waals surface area contributed by atoms with Crippen molar-refractivity contribution in [1.82, 2.24) is 4.90 Å². The number of carboxylic acids is 1. The van der Waals surface area contributed by atoms with Gasteiger partial charge in [-0.15, -0.1) is 0 Å². The van der Waals surface area contributed by atoms with Crippen LogP contribution in [-0.4, -0.2) is 40.9 Å². The van der Waals surface area contributed by atoms with E-state index in [1.165, 1.54) is 0 Å². The highest BCUT2D eigenvalue weighted by Crippen LogP contribution is 2.30. The lowest BCUT2D eigenvalue weighted by molar-refractivity contribution is -0.142. The van der Waals surface area contributed by atoms with Crippen molar-refractivity contribution in [3.63, 3.8) is 0 Å². The van der Waals surface area contributed by atoms with E-state index in [2.05, 4.69) is 5.32 Å². The normalized spacial score (nSPS) is 23.6. The van der Waals surface area contributed by atoms with E-state index in [9.17, 15) is 14.4 Å². The van der Waals surface area contributed by atoms with Crippen molar-refractivity contribution in [2.45, 2.75) is 19.8 Å². The Morgan fingerprint density at radius 1 is 1.22 bits per heavy atom. The summed E-state index contributed by atoms with van der Waals surface area (Å²) in [7, 11) is 0. The number of rotatable bonds is 4. The van der Waals surface area contributed by atoms with Crippen molar-refractivity contribution < 1.29 is 19.5 Å². The minimum absolute atomic E-state index is 0.00432. The molecule has 2 amide bonds. The Kier molecular flexibility index (Phi) is 4.07. The van der Waals surface area contributed by atoms with Gasteiger partial charge in [0.15, 0.2) is 0 Å². The summed E-state index contributed by atoms with van der Waals surface area (Å²) in [6.45, 7) is 2.51. The molecule has 1 saturated heterocycles. The predicted octanol–water partition coefficient (Wildman–Crippen LogP) is 1.83. The van der Waals surface area contributed by atoms with Gasteiger partial charge in [0.2, 0.25) is 5.91 Å². The number of anilines is 1. The van der Waals surface area contributed by atoms with Crippen LogP contribution >= 0.6 is 0 Å². The second kappa shape index (κ2) is 6.02. The standard InChI is InChI=1S/C17H20N2O4/c1-10-8-19(9-14(10)17(22)23)16(21)12-3-2-4-13(7-12)18-15(20)11-5-6-11/h2-4,7,10-11,14H,5-6,8-9H2,1H3,(H,18,20)(H,22,23)/t10-,14-/m1/s1. The fraction of sp³-hybridized carbons (Fsp3) is 0.471. The average molecular weight is 316 g/mol. The van der Waals surface area contributed by atoms with Crippen molar-refractivity contribution in [2.75, 3.05) is 18.4 Å². The molecule has 0 unspecified atom stereocenters. The van der Waals surface area contributed by atoms with Crippen LogP contribution in [0.1, 0.15) is 30.1 Å². The van der Waals surface area contributed by atoms with Gasteiger partial charge in [-0.25, -0.2) is 0 Å². The highest BCUT2D eigenvalue weighted by atomic mass is 16.4. The number of hydrogen-bond acceptors (Lipinski definition) is 3. The van der Waals surface area contributed by atoms with Crippen LogP contribution in [0.3, 0.4) is 0 Å². The first-order valence-electron chi connectivity index (χ1n) is 7.88. The number of amides is 2. The van der Waals surface area contributed by atoms with Gasteiger partial charge in [-0.05, 0) is 37.0 Å². The van der Waals surface area contributed by atoms with Crippen LogP contribution in [0.4, 0.5) is 5.69 Å². The Bertz CT molecular complexity index is 654. The van der Waals surface area contributed by atoms with Crippen molar-refractivity contribution >= 4 is 23.5 Å². The largest absolute Gasteiger partial charge is 0.481 e. The van der Waals surface area contributed by atoms with Crippen LogP contribution in [-0.2, 0) is 9.59 Å². The number of carboxylic acid groups (broad SMARTS) is 1. The molecule has 2 aliphatic rings. The minimum atomic E-state index is -0.863. The van der Waals surface area contributed by atoms with Crippen molar-refractivity contribution in [3.8, 4) is 0 Å². The Balaban J connectivity index is 1.70. The molecule has 1 aromatic carbocycles. The molecule has 0 spiro atoms. The van der Waals surface area contributed by atoms with Gasteiger partial charge >= 0.3 is 5.97 Å².